The SMILES string of the molecule is CCCN(CCNC(=NC)NC1CCN(C(=O)C2CCCC2)C1)C(=O)OC(C)(C)C. The average molecular weight is 424 g/mol. The predicted octanol–water partition coefficient (Wildman–Crippen LogP) is 2.59. The highest BCUT2D eigenvalue weighted by Gasteiger charge is 2.32. The van der Waals surface area contributed by atoms with E-state index < -0.39 is 5.60 Å². The highest BCUT2D eigenvalue weighted by molar-refractivity contribution is 5.81. The van der Waals surface area contributed by atoms with Crippen LogP contribution in [-0.2, 0) is 9.53 Å². The third-order valence-electron chi connectivity index (χ3n) is 5.59. The Balaban J connectivity index is 1.76. The van der Waals surface area contributed by atoms with E-state index in [9.17, 15) is 9.59 Å². The normalized spacial score (nSPS) is 20.4. The lowest BCUT2D eigenvalue weighted by Gasteiger charge is -2.27. The quantitative estimate of drug-likeness (QED) is 0.486. The van der Waals surface area contributed by atoms with Gasteiger partial charge >= 0.3 is 6.09 Å². The van der Waals surface area contributed by atoms with Crippen LogP contribution in [0.2, 0.25) is 0 Å². The van der Waals surface area contributed by atoms with Gasteiger partial charge in [0.1, 0.15) is 5.60 Å². The van der Waals surface area contributed by atoms with Gasteiger partial charge in [0.2, 0.25) is 5.91 Å². The summed E-state index contributed by atoms with van der Waals surface area (Å²) in [5.41, 5.74) is -0.502. The number of guanidine groups is 1. The van der Waals surface area contributed by atoms with Gasteiger partial charge in [-0.15, -0.1) is 0 Å². The van der Waals surface area contributed by atoms with Gasteiger partial charge in [-0.1, -0.05) is 19.8 Å². The van der Waals surface area contributed by atoms with Crippen LogP contribution in [0, 0.1) is 5.92 Å². The first-order valence-electron chi connectivity index (χ1n) is 11.5. The summed E-state index contributed by atoms with van der Waals surface area (Å²) in [5, 5.41) is 6.71. The number of likely N-dealkylation sites (tertiary alicyclic amines) is 1. The van der Waals surface area contributed by atoms with Crippen LogP contribution in [0.15, 0.2) is 4.99 Å². The number of ether oxygens (including phenoxy) is 1. The Bertz CT molecular complexity index is 596. The number of carbonyl (C=O) groups is 2. The van der Waals surface area contributed by atoms with Crippen molar-refractivity contribution < 1.29 is 14.3 Å². The first-order chi connectivity index (χ1) is 14.2. The zero-order valence-electron chi connectivity index (χ0n) is 19.5. The Labute approximate surface area is 181 Å². The number of carbonyl (C=O) groups excluding carboxylic acids is 2. The third kappa shape index (κ3) is 7.69. The lowest BCUT2D eigenvalue weighted by atomic mass is 10.1. The summed E-state index contributed by atoms with van der Waals surface area (Å²) in [7, 11) is 1.74. The maximum atomic E-state index is 12.6. The summed E-state index contributed by atoms with van der Waals surface area (Å²) in [4.78, 5) is 33.0. The Morgan fingerprint density at radius 2 is 1.87 bits per heavy atom. The van der Waals surface area contributed by atoms with Gasteiger partial charge in [-0.25, -0.2) is 4.79 Å². The topological polar surface area (TPSA) is 86.3 Å². The van der Waals surface area contributed by atoms with Gasteiger partial charge in [-0.05, 0) is 46.5 Å². The molecule has 1 atom stereocenters. The smallest absolute Gasteiger partial charge is 0.410 e. The minimum absolute atomic E-state index is 0.208. The monoisotopic (exact) mass is 423 g/mol. The Kier molecular flexibility index (Phi) is 9.24. The molecule has 1 aliphatic heterocycles. The number of aliphatic imine (C=N–C) groups is 1. The summed E-state index contributed by atoms with van der Waals surface area (Å²) in [5.74, 6) is 1.27. The molecule has 172 valence electrons. The van der Waals surface area contributed by atoms with Gasteiger partial charge in [-0.3, -0.25) is 9.79 Å². The van der Waals surface area contributed by atoms with Crippen molar-refractivity contribution >= 4 is 18.0 Å². The molecule has 0 aromatic heterocycles. The zero-order valence-corrected chi connectivity index (χ0v) is 19.5. The van der Waals surface area contributed by atoms with Crippen LogP contribution in [0.25, 0.3) is 0 Å². The van der Waals surface area contributed by atoms with E-state index in [4.69, 9.17) is 4.74 Å². The second kappa shape index (κ2) is 11.4. The number of hydrogen-bond donors (Lipinski definition) is 2. The molecule has 1 heterocycles. The Hall–Kier alpha value is -1.99. The third-order valence-corrected chi connectivity index (χ3v) is 5.59. The maximum Gasteiger partial charge on any atom is 0.410 e. The molecule has 2 amide bonds. The van der Waals surface area contributed by atoms with Crippen molar-refractivity contribution in [1.29, 1.82) is 0 Å². The first-order valence-corrected chi connectivity index (χ1v) is 11.5. The van der Waals surface area contributed by atoms with Crippen molar-refractivity contribution in [3.05, 3.63) is 0 Å². The van der Waals surface area contributed by atoms with Crippen molar-refractivity contribution in [2.75, 3.05) is 39.8 Å². The van der Waals surface area contributed by atoms with Crippen molar-refractivity contribution in [2.24, 2.45) is 10.9 Å². The van der Waals surface area contributed by atoms with Crippen molar-refractivity contribution in [2.45, 2.75) is 77.9 Å². The largest absolute Gasteiger partial charge is 0.444 e. The number of rotatable bonds is 7. The van der Waals surface area contributed by atoms with Gasteiger partial charge in [0.05, 0.1) is 0 Å². The molecule has 0 aromatic carbocycles. The standard InChI is InChI=1S/C22H41N5O3/c1-6-13-26(21(29)30-22(2,3)4)15-12-24-20(23-5)25-18-11-14-27(16-18)19(28)17-9-7-8-10-17/h17-18H,6-16H2,1-5H3,(H2,23,24,25). The van der Waals surface area contributed by atoms with Crippen LogP contribution >= 0.6 is 0 Å². The number of nitrogens with one attached hydrogen (secondary N) is 2. The zero-order chi connectivity index (χ0) is 22.1. The van der Waals surface area contributed by atoms with Crippen molar-refractivity contribution in [1.82, 2.24) is 20.4 Å². The lowest BCUT2D eigenvalue weighted by molar-refractivity contribution is -0.134. The molecular weight excluding hydrogens is 382 g/mol. The molecule has 2 N–H and O–H groups in total. The molecule has 8 heteroatoms. The minimum Gasteiger partial charge on any atom is -0.444 e. The molecule has 1 saturated heterocycles. The molecule has 1 aliphatic carbocycles. The molecule has 1 saturated carbocycles. The van der Waals surface area contributed by atoms with E-state index in [0.717, 1.165) is 38.8 Å². The second-order valence-electron chi connectivity index (χ2n) is 9.36. The van der Waals surface area contributed by atoms with Gasteiger partial charge < -0.3 is 25.2 Å². The number of nitrogens with zero attached hydrogens (tertiary/aromatic N) is 3. The molecule has 0 aromatic rings. The Morgan fingerprint density at radius 1 is 1.17 bits per heavy atom. The highest BCUT2D eigenvalue weighted by Crippen LogP contribution is 2.27. The van der Waals surface area contributed by atoms with E-state index in [2.05, 4.69) is 15.6 Å². The fourth-order valence-corrected chi connectivity index (χ4v) is 4.10. The molecule has 0 spiro atoms. The molecule has 2 fully saturated rings. The minimum atomic E-state index is -0.502. The van der Waals surface area contributed by atoms with Crippen LogP contribution in [0.4, 0.5) is 4.79 Å². The first kappa shape index (κ1) is 24.3. The molecular formula is C22H41N5O3. The summed E-state index contributed by atoms with van der Waals surface area (Å²) in [6.45, 7) is 11.0. The predicted molar refractivity (Wildman–Crippen MR) is 120 cm³/mol. The summed E-state index contributed by atoms with van der Waals surface area (Å²) < 4.78 is 5.50. The van der Waals surface area contributed by atoms with E-state index in [0.29, 0.717) is 31.5 Å². The highest BCUT2D eigenvalue weighted by atomic mass is 16.6. The summed E-state index contributed by atoms with van der Waals surface area (Å²) >= 11 is 0. The van der Waals surface area contributed by atoms with Gasteiger partial charge in [-0.2, -0.15) is 0 Å². The van der Waals surface area contributed by atoms with E-state index in [-0.39, 0.29) is 18.1 Å². The number of hydrogen-bond acceptors (Lipinski definition) is 4. The lowest BCUT2D eigenvalue weighted by Crippen LogP contribution is -2.48. The molecule has 30 heavy (non-hydrogen) atoms. The summed E-state index contributed by atoms with van der Waals surface area (Å²) in [6.07, 6.45) is 5.97. The van der Waals surface area contributed by atoms with Crippen LogP contribution < -0.4 is 10.6 Å². The van der Waals surface area contributed by atoms with Crippen LogP contribution in [0.1, 0.15) is 66.2 Å². The van der Waals surface area contributed by atoms with E-state index >= 15 is 0 Å². The molecule has 1 unspecified atom stereocenters. The fraction of sp³-hybridized carbons (Fsp3) is 0.864. The fourth-order valence-electron chi connectivity index (χ4n) is 4.10. The molecule has 2 aliphatic rings. The van der Waals surface area contributed by atoms with E-state index in [1.165, 1.54) is 12.8 Å². The van der Waals surface area contributed by atoms with Crippen LogP contribution in [0.3, 0.4) is 0 Å². The second-order valence-corrected chi connectivity index (χ2v) is 9.36. The Morgan fingerprint density at radius 3 is 2.47 bits per heavy atom. The average Bonchev–Trinajstić information content (AvgIpc) is 3.36. The van der Waals surface area contributed by atoms with E-state index in [1.807, 2.05) is 32.6 Å². The van der Waals surface area contributed by atoms with Crippen LogP contribution in [-0.4, -0.2) is 79.2 Å². The van der Waals surface area contributed by atoms with Gasteiger partial charge in [0.15, 0.2) is 5.96 Å². The van der Waals surface area contributed by atoms with Gasteiger partial charge in [0.25, 0.3) is 0 Å². The molecule has 0 bridgehead atoms. The molecule has 8 nitrogen and oxygen atoms in total. The molecule has 0 radical (unpaired) electrons. The number of amides is 2. The van der Waals surface area contributed by atoms with Crippen LogP contribution in [0.5, 0.6) is 0 Å². The van der Waals surface area contributed by atoms with Crippen molar-refractivity contribution in [3.8, 4) is 0 Å². The van der Waals surface area contributed by atoms with Crippen molar-refractivity contribution in [3.63, 3.8) is 0 Å². The molecule has 2 rings (SSSR count). The summed E-state index contributed by atoms with van der Waals surface area (Å²) in [6, 6.07) is 0.208. The van der Waals surface area contributed by atoms with Gasteiger partial charge in [0, 0.05) is 51.7 Å². The maximum absolute atomic E-state index is 12.6. The van der Waals surface area contributed by atoms with E-state index in [1.54, 1.807) is 11.9 Å².